The highest BCUT2D eigenvalue weighted by Gasteiger charge is 2.51. The van der Waals surface area contributed by atoms with Gasteiger partial charge in [-0.25, -0.2) is 4.98 Å². The molecule has 5 nitrogen and oxygen atoms in total. The van der Waals surface area contributed by atoms with E-state index in [9.17, 15) is 4.79 Å². The van der Waals surface area contributed by atoms with Crippen LogP contribution in [-0.2, 0) is 4.79 Å². The third-order valence-electron chi connectivity index (χ3n) is 8.62. The number of aromatic nitrogens is 1. The number of hydrogen-bond acceptors (Lipinski definition) is 4. The Hall–Kier alpha value is -3.25. The molecule has 1 amide bonds. The number of amides is 1. The molecule has 1 aromatic heterocycles. The highest BCUT2D eigenvalue weighted by atomic mass is 32.1. The molecule has 0 radical (unpaired) electrons. The number of rotatable bonds is 4. The van der Waals surface area contributed by atoms with Gasteiger partial charge in [-0.1, -0.05) is 36.4 Å². The number of nitrogens with zero attached hydrogens (tertiary/aromatic N) is 1. The fourth-order valence-corrected chi connectivity index (χ4v) is 7.94. The maximum absolute atomic E-state index is 12.9. The van der Waals surface area contributed by atoms with E-state index in [1.54, 1.807) is 0 Å². The van der Waals surface area contributed by atoms with Gasteiger partial charge < -0.3 is 15.1 Å². The van der Waals surface area contributed by atoms with Gasteiger partial charge in [-0.15, -0.1) is 0 Å². The second-order valence-electron chi connectivity index (χ2n) is 11.3. The first-order valence-corrected chi connectivity index (χ1v) is 13.4. The van der Waals surface area contributed by atoms with Crippen LogP contribution in [0, 0.1) is 23.2 Å². The molecule has 36 heavy (non-hydrogen) atoms. The molecule has 0 spiro atoms. The van der Waals surface area contributed by atoms with Crippen LogP contribution < -0.4 is 10.6 Å². The van der Waals surface area contributed by atoms with Gasteiger partial charge in [0.25, 0.3) is 0 Å². The van der Waals surface area contributed by atoms with Crippen molar-refractivity contribution in [3.05, 3.63) is 60.7 Å². The zero-order valence-corrected chi connectivity index (χ0v) is 20.9. The number of nitrogens with one attached hydrogen (secondary N) is 2. The average Bonchev–Trinajstić information content (AvgIpc) is 3.25. The normalized spacial score (nSPS) is 26.4. The first-order valence-electron chi connectivity index (χ1n) is 13.0. The van der Waals surface area contributed by atoms with E-state index in [2.05, 4.69) is 28.8 Å². The lowest BCUT2D eigenvalue weighted by Gasteiger charge is -2.56. The second-order valence-corrected chi connectivity index (χ2v) is 11.7. The molecule has 4 saturated carbocycles. The van der Waals surface area contributed by atoms with Crippen molar-refractivity contribution >= 4 is 50.8 Å². The molecule has 4 aliphatic rings. The van der Waals surface area contributed by atoms with Crippen LogP contribution in [0.3, 0.4) is 0 Å². The van der Waals surface area contributed by atoms with Gasteiger partial charge in [0.2, 0.25) is 11.8 Å². The lowest BCUT2D eigenvalue weighted by atomic mass is 9.49. The summed E-state index contributed by atoms with van der Waals surface area (Å²) in [5.74, 6) is 3.13. The van der Waals surface area contributed by atoms with E-state index in [4.69, 9.17) is 21.6 Å². The van der Waals surface area contributed by atoms with E-state index in [0.717, 1.165) is 45.3 Å². The van der Waals surface area contributed by atoms with Crippen molar-refractivity contribution < 1.29 is 9.21 Å². The predicted octanol–water partition coefficient (Wildman–Crippen LogP) is 7.07. The summed E-state index contributed by atoms with van der Waals surface area (Å²) < 4.78 is 6.08. The minimum Gasteiger partial charge on any atom is -0.436 e. The van der Waals surface area contributed by atoms with Crippen LogP contribution in [0.2, 0.25) is 0 Å². The summed E-state index contributed by atoms with van der Waals surface area (Å²) in [7, 11) is 0. The SMILES string of the molecule is O=C(CC12CC3CC(CC(C3)C1)C2)NC(=S)Nc1ccc2oc(-c3cccc4ccccc34)nc2c1. The Balaban J connectivity index is 1.05. The van der Waals surface area contributed by atoms with E-state index in [1.165, 1.54) is 38.5 Å². The maximum atomic E-state index is 12.9. The van der Waals surface area contributed by atoms with E-state index < -0.39 is 0 Å². The number of anilines is 1. The second kappa shape index (κ2) is 8.41. The van der Waals surface area contributed by atoms with E-state index in [0.29, 0.717) is 23.0 Å². The van der Waals surface area contributed by atoms with Crippen molar-refractivity contribution in [3.8, 4) is 11.5 Å². The van der Waals surface area contributed by atoms with Gasteiger partial charge in [-0.05, 0) is 109 Å². The number of fused-ring (bicyclic) bond motifs is 2. The monoisotopic (exact) mass is 495 g/mol. The topological polar surface area (TPSA) is 67.2 Å². The van der Waals surface area contributed by atoms with E-state index >= 15 is 0 Å². The van der Waals surface area contributed by atoms with Crippen molar-refractivity contribution in [2.75, 3.05) is 5.32 Å². The fraction of sp³-hybridized carbons (Fsp3) is 0.367. The molecule has 0 atom stereocenters. The summed E-state index contributed by atoms with van der Waals surface area (Å²) >= 11 is 5.49. The number of oxazole rings is 1. The minimum atomic E-state index is 0.0372. The Morgan fingerprint density at radius 3 is 2.47 bits per heavy atom. The molecule has 1 heterocycles. The Morgan fingerprint density at radius 2 is 1.69 bits per heavy atom. The molecule has 3 aromatic carbocycles. The molecule has 8 rings (SSSR count). The molecule has 4 aliphatic carbocycles. The summed E-state index contributed by atoms with van der Waals surface area (Å²) in [5, 5.41) is 8.70. The molecule has 6 heteroatoms. The lowest BCUT2D eigenvalue weighted by molar-refractivity contribution is -0.127. The van der Waals surface area contributed by atoms with Crippen molar-refractivity contribution in [1.82, 2.24) is 10.3 Å². The highest BCUT2D eigenvalue weighted by molar-refractivity contribution is 7.80. The Morgan fingerprint density at radius 1 is 0.972 bits per heavy atom. The fourth-order valence-electron chi connectivity index (χ4n) is 7.71. The molecular formula is C30H29N3O2S. The van der Waals surface area contributed by atoms with Gasteiger partial charge in [-0.2, -0.15) is 0 Å². The Labute approximate surface area is 215 Å². The third-order valence-corrected chi connectivity index (χ3v) is 8.82. The average molecular weight is 496 g/mol. The van der Waals surface area contributed by atoms with Crippen molar-refractivity contribution in [2.24, 2.45) is 23.2 Å². The lowest BCUT2D eigenvalue weighted by Crippen LogP contribution is -2.48. The molecule has 4 bridgehead atoms. The van der Waals surface area contributed by atoms with Crippen LogP contribution in [0.1, 0.15) is 44.9 Å². The minimum absolute atomic E-state index is 0.0372. The quantitative estimate of drug-likeness (QED) is 0.297. The number of benzene rings is 3. The maximum Gasteiger partial charge on any atom is 0.227 e. The van der Waals surface area contributed by atoms with Crippen molar-refractivity contribution in [1.29, 1.82) is 0 Å². The number of carbonyl (C=O) groups is 1. The van der Waals surface area contributed by atoms with Gasteiger partial charge in [0.05, 0.1) is 0 Å². The number of carbonyl (C=O) groups excluding carboxylic acids is 1. The molecule has 0 aliphatic heterocycles. The van der Waals surface area contributed by atoms with E-state index in [-0.39, 0.29) is 11.3 Å². The molecule has 4 aromatic rings. The molecular weight excluding hydrogens is 466 g/mol. The van der Waals surface area contributed by atoms with Gasteiger partial charge in [0, 0.05) is 17.7 Å². The first kappa shape index (κ1) is 22.0. The molecule has 4 fully saturated rings. The summed E-state index contributed by atoms with van der Waals surface area (Å²) in [6.07, 6.45) is 8.39. The van der Waals surface area contributed by atoms with Crippen LogP contribution >= 0.6 is 12.2 Å². The predicted molar refractivity (Wildman–Crippen MR) is 147 cm³/mol. The van der Waals surface area contributed by atoms with Gasteiger partial charge in [-0.3, -0.25) is 4.79 Å². The largest absolute Gasteiger partial charge is 0.436 e. The molecule has 182 valence electrons. The molecule has 0 unspecified atom stereocenters. The summed E-state index contributed by atoms with van der Waals surface area (Å²) in [6.45, 7) is 0. The summed E-state index contributed by atoms with van der Waals surface area (Å²) in [6, 6.07) is 20.0. The zero-order chi connectivity index (χ0) is 24.3. The standard InChI is InChI=1S/C30H29N3O2S/c34-27(17-30-14-18-10-19(15-30)12-20(11-18)16-30)33-29(36)31-22-8-9-26-25(13-22)32-28(35-26)24-7-3-5-21-4-1-2-6-23(21)24/h1-9,13,18-20H,10-12,14-17H2,(H2,31,33,34,36). The first-order chi connectivity index (χ1) is 17.5. The number of hydrogen-bond donors (Lipinski definition) is 2. The van der Waals surface area contributed by atoms with Crippen LogP contribution in [0.25, 0.3) is 33.3 Å². The van der Waals surface area contributed by atoms with Crippen molar-refractivity contribution in [3.63, 3.8) is 0 Å². The Kier molecular flexibility index (Phi) is 5.14. The van der Waals surface area contributed by atoms with Crippen molar-refractivity contribution in [2.45, 2.75) is 44.9 Å². The van der Waals surface area contributed by atoms with Crippen LogP contribution in [0.15, 0.2) is 65.1 Å². The van der Waals surface area contributed by atoms with Gasteiger partial charge in [0.1, 0.15) is 5.52 Å². The molecule has 0 saturated heterocycles. The highest BCUT2D eigenvalue weighted by Crippen LogP contribution is 2.61. The van der Waals surface area contributed by atoms with Crippen LogP contribution in [-0.4, -0.2) is 16.0 Å². The third kappa shape index (κ3) is 3.97. The van der Waals surface area contributed by atoms with Crippen LogP contribution in [0.5, 0.6) is 0 Å². The molecule has 2 N–H and O–H groups in total. The van der Waals surface area contributed by atoms with Gasteiger partial charge >= 0.3 is 0 Å². The smallest absolute Gasteiger partial charge is 0.227 e. The van der Waals surface area contributed by atoms with Gasteiger partial charge in [0.15, 0.2) is 10.7 Å². The zero-order valence-electron chi connectivity index (χ0n) is 20.1. The summed E-state index contributed by atoms with van der Waals surface area (Å²) in [4.78, 5) is 17.7. The van der Waals surface area contributed by atoms with Crippen LogP contribution in [0.4, 0.5) is 5.69 Å². The summed E-state index contributed by atoms with van der Waals surface area (Å²) in [5.41, 5.74) is 3.39. The van der Waals surface area contributed by atoms with E-state index in [1.807, 2.05) is 42.5 Å². The Bertz CT molecular complexity index is 1470. The number of thiocarbonyl (C=S) groups is 1.